The number of esters is 1. The van der Waals surface area contributed by atoms with Crippen molar-refractivity contribution in [2.24, 2.45) is 11.3 Å². The summed E-state index contributed by atoms with van der Waals surface area (Å²) in [5.41, 5.74) is 1.06. The minimum absolute atomic E-state index is 0.106. The van der Waals surface area contributed by atoms with E-state index in [0.29, 0.717) is 55.3 Å². The monoisotopic (exact) mass is 641 g/mol. The van der Waals surface area contributed by atoms with Crippen LogP contribution in [0, 0.1) is 18.3 Å². The fourth-order valence-corrected chi connectivity index (χ4v) is 5.56. The van der Waals surface area contributed by atoms with Crippen LogP contribution in [0.5, 0.6) is 11.5 Å². The molecule has 1 atom stereocenters. The number of benzene rings is 1. The molecule has 3 heterocycles. The number of nitrogens with one attached hydrogen (secondary N) is 2. The van der Waals surface area contributed by atoms with Crippen LogP contribution in [0.1, 0.15) is 81.4 Å². The van der Waals surface area contributed by atoms with Crippen molar-refractivity contribution in [1.29, 1.82) is 0 Å². The topological polar surface area (TPSA) is 141 Å². The molecule has 0 saturated carbocycles. The molecule has 0 aliphatic carbocycles. The molecule has 0 fully saturated rings. The molecule has 1 aromatic carbocycles. The summed E-state index contributed by atoms with van der Waals surface area (Å²) in [4.78, 5) is 54.7. The number of hydrogen-bond acceptors (Lipinski definition) is 8. The number of ether oxygens (including phenoxy) is 3. The van der Waals surface area contributed by atoms with E-state index in [1.807, 2.05) is 19.9 Å². The largest absolute Gasteiger partial charge is 0.493 e. The Labute approximate surface area is 272 Å². The third kappa shape index (κ3) is 9.95. The summed E-state index contributed by atoms with van der Waals surface area (Å²) in [7, 11) is 1.51. The third-order valence-electron chi connectivity index (χ3n) is 8.25. The quantitative estimate of drug-likeness (QED) is 0.312. The van der Waals surface area contributed by atoms with Crippen LogP contribution in [0.3, 0.4) is 0 Å². The van der Waals surface area contributed by atoms with Crippen LogP contribution in [0.2, 0.25) is 0 Å². The molecule has 1 unspecified atom stereocenters. The van der Waals surface area contributed by atoms with E-state index in [0.717, 1.165) is 24.1 Å². The lowest BCUT2D eigenvalue weighted by Crippen LogP contribution is -2.46. The van der Waals surface area contributed by atoms with Crippen molar-refractivity contribution in [2.45, 2.75) is 79.7 Å². The van der Waals surface area contributed by atoms with E-state index >= 15 is 0 Å². The molecule has 2 aliphatic heterocycles. The molecule has 1 aromatic heterocycles. The van der Waals surface area contributed by atoms with Gasteiger partial charge in [0.25, 0.3) is 11.8 Å². The zero-order valence-electron chi connectivity index (χ0n) is 28.3. The van der Waals surface area contributed by atoms with Crippen LogP contribution >= 0.6 is 0 Å². The molecule has 254 valence electrons. The highest BCUT2D eigenvalue weighted by atomic mass is 16.5. The maximum Gasteiger partial charge on any atom is 0.314 e. The van der Waals surface area contributed by atoms with Crippen molar-refractivity contribution < 1.29 is 33.4 Å². The van der Waals surface area contributed by atoms with Crippen LogP contribution in [0.15, 0.2) is 24.4 Å². The summed E-state index contributed by atoms with van der Waals surface area (Å²) in [6, 6.07) is 5.35. The lowest BCUT2D eigenvalue weighted by Gasteiger charge is -2.33. The second-order valence-corrected chi connectivity index (χ2v) is 12.3. The van der Waals surface area contributed by atoms with Gasteiger partial charge in [-0.05, 0) is 69.6 Å². The summed E-state index contributed by atoms with van der Waals surface area (Å²) in [5, 5.41) is 10.2. The minimum Gasteiger partial charge on any atom is -0.493 e. The number of carbonyl (C=O) groups is 4. The Morgan fingerprint density at radius 1 is 1.13 bits per heavy atom. The van der Waals surface area contributed by atoms with Gasteiger partial charge in [-0.15, -0.1) is 0 Å². The van der Waals surface area contributed by atoms with Crippen molar-refractivity contribution in [3.63, 3.8) is 0 Å². The standard InChI is InChI=1S/C34H51N5O7/c1-7-16-39-25(5)27(21-37-39)32(42)38-17-9-10-30(40)36-23-34(14-13-24(3)4,33(43)45-8-2)20-26-11-12-28(29(19-26)44-6)46-22-31(41)35-15-18-38/h11-12,19,21,24H,7-10,13-18,20,22-23H2,1-6H3,(H,35,41)(H,36,40). The number of aryl methyl sites for hydroxylation is 1. The highest BCUT2D eigenvalue weighted by Gasteiger charge is 2.40. The highest BCUT2D eigenvalue weighted by Crippen LogP contribution is 2.35. The predicted molar refractivity (Wildman–Crippen MR) is 174 cm³/mol. The number of methoxy groups -OCH3 is 1. The zero-order valence-corrected chi connectivity index (χ0v) is 28.3. The average molecular weight is 642 g/mol. The van der Waals surface area contributed by atoms with Gasteiger partial charge in [0.2, 0.25) is 5.91 Å². The van der Waals surface area contributed by atoms with Gasteiger partial charge in [-0.3, -0.25) is 23.9 Å². The van der Waals surface area contributed by atoms with E-state index in [1.54, 1.807) is 34.8 Å². The molecule has 4 rings (SSSR count). The summed E-state index contributed by atoms with van der Waals surface area (Å²) < 4.78 is 18.8. The van der Waals surface area contributed by atoms with Gasteiger partial charge in [0, 0.05) is 44.8 Å². The highest BCUT2D eigenvalue weighted by molar-refractivity contribution is 5.95. The Kier molecular flexibility index (Phi) is 13.9. The number of aromatic nitrogens is 2. The molecule has 3 amide bonds. The Bertz CT molecular complexity index is 1340. The Morgan fingerprint density at radius 3 is 2.61 bits per heavy atom. The van der Waals surface area contributed by atoms with Crippen molar-refractivity contribution in [2.75, 3.05) is 46.5 Å². The summed E-state index contributed by atoms with van der Waals surface area (Å²) in [6.45, 7) is 11.4. The van der Waals surface area contributed by atoms with Gasteiger partial charge in [0.1, 0.15) is 0 Å². The molecule has 0 saturated heterocycles. The Morgan fingerprint density at radius 2 is 1.91 bits per heavy atom. The lowest BCUT2D eigenvalue weighted by molar-refractivity contribution is -0.156. The first-order valence-electron chi connectivity index (χ1n) is 16.4. The summed E-state index contributed by atoms with van der Waals surface area (Å²) in [5.74, 6) is -0.0121. The number of nitrogens with zero attached hydrogens (tertiary/aromatic N) is 3. The molecule has 46 heavy (non-hydrogen) atoms. The number of rotatable bonds is 9. The average Bonchev–Trinajstić information content (AvgIpc) is 3.39. The molecule has 0 radical (unpaired) electrons. The molecule has 2 bridgehead atoms. The molecule has 12 heteroatoms. The van der Waals surface area contributed by atoms with E-state index in [-0.39, 0.29) is 63.0 Å². The van der Waals surface area contributed by atoms with Gasteiger partial charge >= 0.3 is 5.97 Å². The van der Waals surface area contributed by atoms with Gasteiger partial charge in [-0.25, -0.2) is 0 Å². The van der Waals surface area contributed by atoms with Gasteiger partial charge in [0.05, 0.1) is 30.9 Å². The van der Waals surface area contributed by atoms with Gasteiger partial charge in [-0.2, -0.15) is 5.10 Å². The minimum atomic E-state index is -1.01. The van der Waals surface area contributed by atoms with Crippen molar-refractivity contribution in [3.05, 3.63) is 41.2 Å². The molecule has 2 aromatic rings. The predicted octanol–water partition coefficient (Wildman–Crippen LogP) is 3.69. The Hall–Kier alpha value is -4.09. The lowest BCUT2D eigenvalue weighted by atomic mass is 9.76. The first-order chi connectivity index (χ1) is 22.0. The Balaban J connectivity index is 1.91. The van der Waals surface area contributed by atoms with Crippen LogP contribution in [0.4, 0.5) is 0 Å². The van der Waals surface area contributed by atoms with E-state index in [2.05, 4.69) is 29.6 Å². The van der Waals surface area contributed by atoms with Crippen LogP contribution in [-0.4, -0.2) is 84.9 Å². The van der Waals surface area contributed by atoms with E-state index < -0.39 is 5.41 Å². The van der Waals surface area contributed by atoms with Crippen molar-refractivity contribution in [1.82, 2.24) is 25.3 Å². The summed E-state index contributed by atoms with van der Waals surface area (Å²) in [6.07, 6.45) is 4.59. The fraction of sp³-hybridized carbons (Fsp3) is 0.618. The molecule has 0 spiro atoms. The number of carbonyl (C=O) groups excluding carboxylic acids is 4. The smallest absolute Gasteiger partial charge is 0.314 e. The van der Waals surface area contributed by atoms with Gasteiger partial charge in [0.15, 0.2) is 18.1 Å². The van der Waals surface area contributed by atoms with Crippen LogP contribution < -0.4 is 20.1 Å². The van der Waals surface area contributed by atoms with Gasteiger partial charge < -0.3 is 29.7 Å². The molecule has 2 aliphatic rings. The van der Waals surface area contributed by atoms with Crippen molar-refractivity contribution in [3.8, 4) is 11.5 Å². The first-order valence-corrected chi connectivity index (χ1v) is 16.4. The first kappa shape index (κ1) is 36.4. The molecule has 12 nitrogen and oxygen atoms in total. The number of fused-ring (bicyclic) bond motifs is 16. The molecular formula is C34H51N5O7. The fourth-order valence-electron chi connectivity index (χ4n) is 5.56. The SMILES string of the molecule is CCCn1ncc(C(=O)N2CCCC(=O)NCC(CCC(C)C)(C(=O)OCC)Cc3ccc(c(OC)c3)OCC(=O)NCC2)c1C. The molecule has 2 N–H and O–H groups in total. The molecular weight excluding hydrogens is 590 g/mol. The van der Waals surface area contributed by atoms with Crippen molar-refractivity contribution >= 4 is 23.7 Å². The second-order valence-electron chi connectivity index (χ2n) is 12.3. The third-order valence-corrected chi connectivity index (χ3v) is 8.25. The normalized spacial score (nSPS) is 18.5. The number of amides is 3. The zero-order chi connectivity index (χ0) is 33.7. The van der Waals surface area contributed by atoms with Crippen LogP contribution in [-0.2, 0) is 32.1 Å². The van der Waals surface area contributed by atoms with Crippen LogP contribution in [0.25, 0.3) is 0 Å². The van der Waals surface area contributed by atoms with E-state index in [4.69, 9.17) is 14.2 Å². The van der Waals surface area contributed by atoms with Gasteiger partial charge in [-0.1, -0.05) is 26.8 Å². The maximum absolute atomic E-state index is 13.6. The summed E-state index contributed by atoms with van der Waals surface area (Å²) >= 11 is 0. The van der Waals surface area contributed by atoms with E-state index in [1.165, 1.54) is 7.11 Å². The van der Waals surface area contributed by atoms with E-state index in [9.17, 15) is 19.2 Å². The maximum atomic E-state index is 13.6. The number of hydrogen-bond donors (Lipinski definition) is 2. The second kappa shape index (κ2) is 17.6.